The number of carbonyl (C=O) groups excluding carboxylic acids is 2. The summed E-state index contributed by atoms with van der Waals surface area (Å²) < 4.78 is 10.9. The van der Waals surface area contributed by atoms with Gasteiger partial charge in [0.2, 0.25) is 0 Å². The molecule has 0 saturated heterocycles. The number of anilines is 1. The summed E-state index contributed by atoms with van der Waals surface area (Å²) in [6.45, 7) is 7.64. The summed E-state index contributed by atoms with van der Waals surface area (Å²) in [5, 5.41) is 10.7. The average molecular weight is 427 g/mol. The van der Waals surface area contributed by atoms with E-state index in [1.165, 1.54) is 0 Å². The van der Waals surface area contributed by atoms with Gasteiger partial charge in [0.1, 0.15) is 11.6 Å². The highest BCUT2D eigenvalue weighted by molar-refractivity contribution is 5.95. The number of rotatable bonds is 10. The third-order valence-corrected chi connectivity index (χ3v) is 4.73. The Morgan fingerprint density at radius 3 is 2.26 bits per heavy atom. The molecule has 0 aromatic heterocycles. The Bertz CT molecular complexity index is 955. The fourth-order valence-electron chi connectivity index (χ4n) is 3.15. The lowest BCUT2D eigenvalue weighted by Crippen LogP contribution is -2.25. The molecule has 2 aromatic rings. The molecule has 0 aliphatic heterocycles. The molecule has 2 aromatic carbocycles. The number of hydrogen-bond acceptors (Lipinski definition) is 6. The van der Waals surface area contributed by atoms with Gasteiger partial charge in [0.15, 0.2) is 12.6 Å². The SMILES string of the molecule is CCOC(=O)C(Nc1ccc(C(=N)N)cc1)c1cc(C(C)C)c(OCC(N)=O)cc1C. The van der Waals surface area contributed by atoms with Crippen LogP contribution in [-0.4, -0.2) is 30.9 Å². The first-order valence-electron chi connectivity index (χ1n) is 10.1. The van der Waals surface area contributed by atoms with E-state index in [0.717, 1.165) is 16.7 Å². The van der Waals surface area contributed by atoms with Crippen molar-refractivity contribution in [2.75, 3.05) is 18.5 Å². The van der Waals surface area contributed by atoms with Crippen LogP contribution in [0.5, 0.6) is 5.75 Å². The first-order chi connectivity index (χ1) is 14.6. The number of primary amides is 1. The van der Waals surface area contributed by atoms with Gasteiger partial charge in [-0.05, 0) is 72.9 Å². The van der Waals surface area contributed by atoms with Gasteiger partial charge in [-0.25, -0.2) is 4.79 Å². The summed E-state index contributed by atoms with van der Waals surface area (Å²) in [4.78, 5) is 24.0. The first-order valence-corrected chi connectivity index (χ1v) is 10.1. The van der Waals surface area contributed by atoms with E-state index < -0.39 is 17.9 Å². The molecule has 0 radical (unpaired) electrons. The van der Waals surface area contributed by atoms with Crippen molar-refractivity contribution in [1.29, 1.82) is 5.41 Å². The standard InChI is InChI=1S/C23H30N4O4/c1-5-30-23(29)21(27-16-8-6-15(7-9-16)22(25)26)18-11-17(13(2)3)19(10-14(18)4)31-12-20(24)28/h6-11,13,21,27H,5,12H2,1-4H3,(H2,24,28)(H3,25,26). The van der Waals surface area contributed by atoms with E-state index in [1.54, 1.807) is 37.3 Å². The number of nitrogen functional groups attached to an aromatic ring is 1. The maximum atomic E-state index is 12.8. The Hall–Kier alpha value is -3.55. The van der Waals surface area contributed by atoms with Gasteiger partial charge in [-0.3, -0.25) is 10.2 Å². The molecule has 166 valence electrons. The minimum atomic E-state index is -0.759. The van der Waals surface area contributed by atoms with E-state index in [0.29, 0.717) is 17.0 Å². The summed E-state index contributed by atoms with van der Waals surface area (Å²) in [5.74, 6) is -0.362. The van der Waals surface area contributed by atoms with Gasteiger partial charge in [0.05, 0.1) is 6.61 Å². The van der Waals surface area contributed by atoms with E-state index in [1.807, 2.05) is 26.8 Å². The molecule has 2 rings (SSSR count). The molecule has 0 saturated carbocycles. The Morgan fingerprint density at radius 1 is 1.10 bits per heavy atom. The summed E-state index contributed by atoms with van der Waals surface area (Å²) >= 11 is 0. The van der Waals surface area contributed by atoms with Gasteiger partial charge in [-0.1, -0.05) is 13.8 Å². The van der Waals surface area contributed by atoms with Crippen molar-refractivity contribution >= 4 is 23.4 Å². The molecule has 0 fully saturated rings. The highest BCUT2D eigenvalue weighted by atomic mass is 16.5. The van der Waals surface area contributed by atoms with Crippen LogP contribution in [0, 0.1) is 12.3 Å². The molecule has 0 aliphatic rings. The van der Waals surface area contributed by atoms with E-state index in [9.17, 15) is 9.59 Å². The van der Waals surface area contributed by atoms with Crippen LogP contribution in [0.1, 0.15) is 55.0 Å². The quantitative estimate of drug-likeness (QED) is 0.261. The Labute approximate surface area is 182 Å². The Balaban J connectivity index is 2.47. The lowest BCUT2D eigenvalue weighted by molar-refractivity contribution is -0.144. The van der Waals surface area contributed by atoms with E-state index in [-0.39, 0.29) is 25.0 Å². The molecule has 0 aliphatic carbocycles. The number of amidine groups is 1. The van der Waals surface area contributed by atoms with Crippen LogP contribution >= 0.6 is 0 Å². The van der Waals surface area contributed by atoms with Crippen LogP contribution in [0.25, 0.3) is 0 Å². The van der Waals surface area contributed by atoms with Gasteiger partial charge in [-0.2, -0.15) is 0 Å². The number of aryl methyl sites for hydroxylation is 1. The van der Waals surface area contributed by atoms with Crippen molar-refractivity contribution in [2.24, 2.45) is 11.5 Å². The monoisotopic (exact) mass is 426 g/mol. The summed E-state index contributed by atoms with van der Waals surface area (Å²) in [7, 11) is 0. The smallest absolute Gasteiger partial charge is 0.333 e. The number of benzene rings is 2. The minimum Gasteiger partial charge on any atom is -0.483 e. The molecule has 0 bridgehead atoms. The third kappa shape index (κ3) is 6.21. The topological polar surface area (TPSA) is 141 Å². The second kappa shape index (κ2) is 10.5. The summed E-state index contributed by atoms with van der Waals surface area (Å²) in [6.07, 6.45) is 0. The average Bonchev–Trinajstić information content (AvgIpc) is 2.71. The first kappa shape index (κ1) is 23.7. The third-order valence-electron chi connectivity index (χ3n) is 4.73. The summed E-state index contributed by atoms with van der Waals surface area (Å²) in [5.41, 5.74) is 14.4. The zero-order valence-electron chi connectivity index (χ0n) is 18.3. The molecule has 0 heterocycles. The molecule has 1 atom stereocenters. The lowest BCUT2D eigenvalue weighted by Gasteiger charge is -2.23. The number of esters is 1. The van der Waals surface area contributed by atoms with E-state index in [2.05, 4.69) is 5.32 Å². The van der Waals surface area contributed by atoms with Gasteiger partial charge in [0, 0.05) is 11.3 Å². The Kier molecular flexibility index (Phi) is 8.01. The van der Waals surface area contributed by atoms with Gasteiger partial charge in [-0.15, -0.1) is 0 Å². The van der Waals surface area contributed by atoms with Crippen molar-refractivity contribution in [1.82, 2.24) is 0 Å². The molecule has 8 nitrogen and oxygen atoms in total. The number of nitrogens with two attached hydrogens (primary N) is 2. The van der Waals surface area contributed by atoms with Crippen molar-refractivity contribution in [3.63, 3.8) is 0 Å². The van der Waals surface area contributed by atoms with Crippen LogP contribution in [0.4, 0.5) is 5.69 Å². The Morgan fingerprint density at radius 2 is 1.74 bits per heavy atom. The zero-order valence-corrected chi connectivity index (χ0v) is 18.3. The van der Waals surface area contributed by atoms with Gasteiger partial charge < -0.3 is 26.3 Å². The lowest BCUT2D eigenvalue weighted by atomic mass is 9.92. The van der Waals surface area contributed by atoms with Crippen LogP contribution in [0.2, 0.25) is 0 Å². The van der Waals surface area contributed by atoms with Gasteiger partial charge in [0.25, 0.3) is 5.91 Å². The maximum Gasteiger partial charge on any atom is 0.333 e. The highest BCUT2D eigenvalue weighted by Crippen LogP contribution is 2.34. The maximum absolute atomic E-state index is 12.8. The van der Waals surface area contributed by atoms with Crippen molar-refractivity contribution in [3.8, 4) is 5.75 Å². The summed E-state index contributed by atoms with van der Waals surface area (Å²) in [6, 6.07) is 9.87. The molecule has 31 heavy (non-hydrogen) atoms. The molecule has 1 unspecified atom stereocenters. The second-order valence-corrected chi connectivity index (χ2v) is 7.48. The molecular weight excluding hydrogens is 396 g/mol. The van der Waals surface area contributed by atoms with Crippen molar-refractivity contribution in [2.45, 2.75) is 39.7 Å². The van der Waals surface area contributed by atoms with E-state index in [4.69, 9.17) is 26.4 Å². The van der Waals surface area contributed by atoms with Crippen molar-refractivity contribution < 1.29 is 19.1 Å². The van der Waals surface area contributed by atoms with Crippen LogP contribution < -0.4 is 21.5 Å². The molecule has 8 heteroatoms. The predicted molar refractivity (Wildman–Crippen MR) is 120 cm³/mol. The fraction of sp³-hybridized carbons (Fsp3) is 0.348. The molecule has 6 N–H and O–H groups in total. The molecule has 1 amide bonds. The normalized spacial score (nSPS) is 11.6. The zero-order chi connectivity index (χ0) is 23.1. The molecular formula is C23H30N4O4. The van der Waals surface area contributed by atoms with Crippen molar-refractivity contribution in [3.05, 3.63) is 58.7 Å². The molecule has 0 spiro atoms. The number of amides is 1. The minimum absolute atomic E-state index is 0.0301. The fourth-order valence-corrected chi connectivity index (χ4v) is 3.15. The predicted octanol–water partition coefficient (Wildman–Crippen LogP) is 2.98. The highest BCUT2D eigenvalue weighted by Gasteiger charge is 2.26. The van der Waals surface area contributed by atoms with Crippen LogP contribution in [0.15, 0.2) is 36.4 Å². The largest absolute Gasteiger partial charge is 0.483 e. The van der Waals surface area contributed by atoms with Crippen LogP contribution in [-0.2, 0) is 14.3 Å². The number of hydrogen-bond donors (Lipinski definition) is 4. The second-order valence-electron chi connectivity index (χ2n) is 7.48. The van der Waals surface area contributed by atoms with E-state index >= 15 is 0 Å². The number of carbonyl (C=O) groups is 2. The number of nitrogens with one attached hydrogen (secondary N) is 2. The van der Waals surface area contributed by atoms with Crippen LogP contribution in [0.3, 0.4) is 0 Å². The number of ether oxygens (including phenoxy) is 2. The van der Waals surface area contributed by atoms with Gasteiger partial charge >= 0.3 is 5.97 Å².